The number of rotatable bonds is 5. The van der Waals surface area contributed by atoms with Crippen molar-refractivity contribution in [2.75, 3.05) is 31.5 Å². The maximum Gasteiger partial charge on any atom is 0.244 e. The Morgan fingerprint density at radius 2 is 1.90 bits per heavy atom. The zero-order valence-electron chi connectivity index (χ0n) is 16.4. The average molecular weight is 431 g/mol. The lowest BCUT2D eigenvalue weighted by atomic mass is 9.95. The zero-order chi connectivity index (χ0) is 21.1. The van der Waals surface area contributed by atoms with Gasteiger partial charge in [0.05, 0.1) is 18.6 Å². The minimum absolute atomic E-state index is 0.0770. The molecule has 0 unspecified atom stereocenters. The number of carbonyl (C=O) groups is 3. The molecule has 1 spiro atoms. The van der Waals surface area contributed by atoms with Gasteiger partial charge in [-0.1, -0.05) is 0 Å². The molecule has 1 aromatic heterocycles. The topological polar surface area (TPSA) is 81.8 Å². The van der Waals surface area contributed by atoms with E-state index in [1.807, 2.05) is 21.7 Å². The number of nitrogens with zero attached hydrogens (tertiary/aromatic N) is 2. The number of amides is 3. The Bertz CT molecular complexity index is 924. The molecule has 2 fully saturated rings. The van der Waals surface area contributed by atoms with Crippen molar-refractivity contribution in [3.63, 3.8) is 0 Å². The number of thiophene rings is 1. The van der Waals surface area contributed by atoms with E-state index >= 15 is 0 Å². The van der Waals surface area contributed by atoms with Crippen molar-refractivity contribution >= 4 is 34.7 Å². The van der Waals surface area contributed by atoms with Crippen molar-refractivity contribution in [2.24, 2.45) is 0 Å². The molecule has 0 aliphatic carbocycles. The van der Waals surface area contributed by atoms with Crippen LogP contribution in [0.5, 0.6) is 0 Å². The van der Waals surface area contributed by atoms with E-state index in [1.165, 1.54) is 24.3 Å². The number of piperidine rings is 1. The minimum Gasteiger partial charge on any atom is -0.342 e. The van der Waals surface area contributed by atoms with Crippen LogP contribution in [0.1, 0.15) is 18.4 Å². The summed E-state index contributed by atoms with van der Waals surface area (Å²) in [5, 5.41) is 9.89. The third-order valence-electron chi connectivity index (χ3n) is 5.69. The lowest BCUT2D eigenvalue weighted by Gasteiger charge is -2.44. The second-order valence-electron chi connectivity index (χ2n) is 7.61. The molecule has 2 aromatic rings. The lowest BCUT2D eigenvalue weighted by molar-refractivity contribution is -0.139. The van der Waals surface area contributed by atoms with Crippen LogP contribution in [0.4, 0.5) is 10.1 Å². The number of halogens is 1. The first-order valence-corrected chi connectivity index (χ1v) is 10.8. The van der Waals surface area contributed by atoms with Crippen LogP contribution < -0.4 is 10.6 Å². The molecule has 3 amide bonds. The van der Waals surface area contributed by atoms with Gasteiger partial charge in [-0.05, 0) is 46.7 Å². The van der Waals surface area contributed by atoms with E-state index < -0.39 is 5.66 Å². The largest absolute Gasteiger partial charge is 0.342 e. The maximum absolute atomic E-state index is 13.0. The summed E-state index contributed by atoms with van der Waals surface area (Å²) in [7, 11) is 0. The SMILES string of the molecule is O=C(CN1C(=O)CNC12CCN(C(=O)Cc1ccsc1)CC2)Nc1ccc(F)cc1. The van der Waals surface area contributed by atoms with Gasteiger partial charge in [0.15, 0.2) is 0 Å². The molecule has 2 saturated heterocycles. The minimum atomic E-state index is -0.615. The summed E-state index contributed by atoms with van der Waals surface area (Å²) in [5.41, 5.74) is 0.874. The number of benzene rings is 1. The normalized spacial score (nSPS) is 18.1. The van der Waals surface area contributed by atoms with Crippen LogP contribution >= 0.6 is 11.3 Å². The molecule has 0 atom stereocenters. The molecule has 30 heavy (non-hydrogen) atoms. The van der Waals surface area contributed by atoms with E-state index in [-0.39, 0.29) is 36.6 Å². The Morgan fingerprint density at radius 3 is 2.57 bits per heavy atom. The fourth-order valence-electron chi connectivity index (χ4n) is 4.04. The summed E-state index contributed by atoms with van der Waals surface area (Å²) in [6.07, 6.45) is 1.52. The van der Waals surface area contributed by atoms with Crippen molar-refractivity contribution in [1.29, 1.82) is 0 Å². The summed E-state index contributed by atoms with van der Waals surface area (Å²) in [6, 6.07) is 7.44. The third-order valence-corrected chi connectivity index (χ3v) is 6.43. The monoisotopic (exact) mass is 430 g/mol. The van der Waals surface area contributed by atoms with E-state index in [0.29, 0.717) is 38.0 Å². The van der Waals surface area contributed by atoms with Crippen molar-refractivity contribution in [2.45, 2.75) is 24.9 Å². The van der Waals surface area contributed by atoms with Crippen molar-refractivity contribution in [3.8, 4) is 0 Å². The van der Waals surface area contributed by atoms with Crippen molar-refractivity contribution in [3.05, 3.63) is 52.5 Å². The Hall–Kier alpha value is -2.78. The highest BCUT2D eigenvalue weighted by molar-refractivity contribution is 7.08. The number of likely N-dealkylation sites (tertiary alicyclic amines) is 1. The molecule has 9 heteroatoms. The summed E-state index contributed by atoms with van der Waals surface area (Å²) in [6.45, 7) is 1.14. The van der Waals surface area contributed by atoms with Crippen molar-refractivity contribution in [1.82, 2.24) is 15.1 Å². The third kappa shape index (κ3) is 4.36. The Morgan fingerprint density at radius 1 is 1.17 bits per heavy atom. The number of hydrogen-bond donors (Lipinski definition) is 2. The average Bonchev–Trinajstić information content (AvgIpc) is 3.34. The van der Waals surface area contributed by atoms with E-state index in [1.54, 1.807) is 16.2 Å². The predicted octanol–water partition coefficient (Wildman–Crippen LogP) is 1.82. The van der Waals surface area contributed by atoms with Crippen LogP contribution in [0.3, 0.4) is 0 Å². The van der Waals surface area contributed by atoms with Gasteiger partial charge in [0.2, 0.25) is 17.7 Å². The second-order valence-corrected chi connectivity index (χ2v) is 8.39. The standard InChI is InChI=1S/C21H23FN4O3S/c22-16-1-3-17(4-2-16)24-18(27)13-26-20(29)12-23-21(26)6-8-25(9-7-21)19(28)11-15-5-10-30-14-15/h1-5,10,14,23H,6-9,11-13H2,(H,24,27). The Labute approximate surface area is 177 Å². The van der Waals surface area contributed by atoms with Crippen molar-refractivity contribution < 1.29 is 18.8 Å². The van der Waals surface area contributed by atoms with Crippen LogP contribution in [-0.2, 0) is 20.8 Å². The summed E-state index contributed by atoms with van der Waals surface area (Å²) in [5.74, 6) is -0.782. The first-order chi connectivity index (χ1) is 14.4. The fraction of sp³-hybridized carbons (Fsp3) is 0.381. The van der Waals surface area contributed by atoms with E-state index in [4.69, 9.17) is 0 Å². The number of anilines is 1. The van der Waals surface area contributed by atoms with Gasteiger partial charge in [-0.25, -0.2) is 4.39 Å². The summed E-state index contributed by atoms with van der Waals surface area (Å²) >= 11 is 1.57. The van der Waals surface area contributed by atoms with Gasteiger partial charge in [0.1, 0.15) is 12.4 Å². The first kappa shape index (κ1) is 20.5. The van der Waals surface area contributed by atoms with Crippen LogP contribution in [0.15, 0.2) is 41.1 Å². The van der Waals surface area contributed by atoms with Crippen LogP contribution in [0.2, 0.25) is 0 Å². The molecule has 158 valence electrons. The molecular formula is C21H23FN4O3S. The van der Waals surface area contributed by atoms with E-state index in [9.17, 15) is 18.8 Å². The molecule has 0 bridgehead atoms. The number of nitrogens with one attached hydrogen (secondary N) is 2. The van der Waals surface area contributed by atoms with Crippen LogP contribution in [0.25, 0.3) is 0 Å². The molecule has 7 nitrogen and oxygen atoms in total. The van der Waals surface area contributed by atoms with Gasteiger partial charge in [-0.2, -0.15) is 11.3 Å². The van der Waals surface area contributed by atoms with Crippen LogP contribution in [-0.4, -0.2) is 59.4 Å². The highest BCUT2D eigenvalue weighted by Crippen LogP contribution is 2.30. The molecule has 2 aliphatic heterocycles. The second kappa shape index (κ2) is 8.53. The zero-order valence-corrected chi connectivity index (χ0v) is 17.2. The van der Waals surface area contributed by atoms with Crippen LogP contribution in [0, 0.1) is 5.82 Å². The molecule has 0 radical (unpaired) electrons. The Kier molecular flexibility index (Phi) is 5.83. The molecule has 2 aliphatic rings. The van der Waals surface area contributed by atoms with Gasteiger partial charge in [0, 0.05) is 31.6 Å². The molecular weight excluding hydrogens is 407 g/mol. The van der Waals surface area contributed by atoms with Gasteiger partial charge in [-0.15, -0.1) is 0 Å². The molecule has 3 heterocycles. The highest BCUT2D eigenvalue weighted by Gasteiger charge is 2.47. The van der Waals surface area contributed by atoms with Gasteiger partial charge < -0.3 is 15.1 Å². The molecule has 1 aromatic carbocycles. The number of carbonyl (C=O) groups excluding carboxylic acids is 3. The van der Waals surface area contributed by atoms with Gasteiger partial charge in [-0.3, -0.25) is 19.7 Å². The van der Waals surface area contributed by atoms with Gasteiger partial charge >= 0.3 is 0 Å². The first-order valence-electron chi connectivity index (χ1n) is 9.85. The lowest BCUT2D eigenvalue weighted by Crippen LogP contribution is -2.60. The molecule has 2 N–H and O–H groups in total. The highest BCUT2D eigenvalue weighted by atomic mass is 32.1. The maximum atomic E-state index is 13.0. The quantitative estimate of drug-likeness (QED) is 0.758. The Balaban J connectivity index is 1.36. The summed E-state index contributed by atoms with van der Waals surface area (Å²) in [4.78, 5) is 40.9. The predicted molar refractivity (Wildman–Crippen MR) is 111 cm³/mol. The molecule has 0 saturated carbocycles. The molecule has 4 rings (SSSR count). The number of hydrogen-bond acceptors (Lipinski definition) is 5. The van der Waals surface area contributed by atoms with E-state index in [2.05, 4.69) is 10.6 Å². The fourth-order valence-corrected chi connectivity index (χ4v) is 4.71. The smallest absolute Gasteiger partial charge is 0.244 e. The van der Waals surface area contributed by atoms with Gasteiger partial charge in [0.25, 0.3) is 0 Å². The summed E-state index contributed by atoms with van der Waals surface area (Å²) < 4.78 is 13.0. The van der Waals surface area contributed by atoms with E-state index in [0.717, 1.165) is 5.56 Å².